The molecule has 0 aromatic heterocycles. The predicted octanol–water partition coefficient (Wildman–Crippen LogP) is 5.58. The number of nitrogens with one attached hydrogen (secondary N) is 1. The van der Waals surface area contributed by atoms with Crippen molar-refractivity contribution in [1.82, 2.24) is 10.2 Å². The van der Waals surface area contributed by atoms with Gasteiger partial charge in [0.05, 0.1) is 17.2 Å². The lowest BCUT2D eigenvalue weighted by molar-refractivity contribution is -0.139. The average Bonchev–Trinajstić information content (AvgIpc) is 2.96. The molecule has 0 radical (unpaired) electrons. The zero-order chi connectivity index (χ0) is 30.0. The zero-order valence-electron chi connectivity index (χ0n) is 24.0. The quantitative estimate of drug-likeness (QED) is 0.244. The lowest BCUT2D eigenvalue weighted by atomic mass is 10.1. The molecule has 1 unspecified atom stereocenters. The number of anilines is 1. The van der Waals surface area contributed by atoms with E-state index in [9.17, 15) is 18.0 Å². The molecule has 0 saturated carbocycles. The van der Waals surface area contributed by atoms with E-state index in [4.69, 9.17) is 16.3 Å². The number of hydrogen-bond acceptors (Lipinski definition) is 5. The molecule has 0 spiro atoms. The van der Waals surface area contributed by atoms with Gasteiger partial charge in [0.15, 0.2) is 0 Å². The van der Waals surface area contributed by atoms with Crippen LogP contribution in [0.3, 0.4) is 0 Å². The zero-order valence-corrected chi connectivity index (χ0v) is 25.5. The highest BCUT2D eigenvalue weighted by molar-refractivity contribution is 7.92. The van der Waals surface area contributed by atoms with E-state index >= 15 is 0 Å². The number of sulfonamides is 1. The summed E-state index contributed by atoms with van der Waals surface area (Å²) in [6.07, 6.45) is 1.70. The number of rotatable bonds is 14. The molecule has 0 saturated heterocycles. The van der Waals surface area contributed by atoms with Crippen LogP contribution in [0.25, 0.3) is 0 Å². The lowest BCUT2D eigenvalue weighted by Gasteiger charge is -2.32. The summed E-state index contributed by atoms with van der Waals surface area (Å²) >= 11 is 6.42. The summed E-state index contributed by atoms with van der Waals surface area (Å²) in [4.78, 5) is 28.6. The second-order valence-corrected chi connectivity index (χ2v) is 11.9. The van der Waals surface area contributed by atoms with Crippen LogP contribution in [0.2, 0.25) is 5.02 Å². The first-order valence-electron chi connectivity index (χ1n) is 13.7. The molecule has 1 atom stereocenters. The fourth-order valence-electron chi connectivity index (χ4n) is 4.22. The number of benzene rings is 3. The maximum absolute atomic E-state index is 14.1. The Bertz CT molecular complexity index is 1430. The molecule has 3 rings (SSSR count). The third-order valence-electron chi connectivity index (χ3n) is 6.62. The van der Waals surface area contributed by atoms with E-state index in [1.165, 1.54) is 17.0 Å². The van der Waals surface area contributed by atoms with Crippen LogP contribution in [0.15, 0.2) is 77.7 Å². The number of amides is 2. The van der Waals surface area contributed by atoms with Crippen molar-refractivity contribution in [3.05, 3.63) is 88.9 Å². The molecule has 0 aliphatic rings. The Labute approximate surface area is 248 Å². The molecule has 3 aromatic rings. The summed E-state index contributed by atoms with van der Waals surface area (Å²) in [5.74, 6) is -0.576. The SMILES string of the molecule is CCCCNC(=O)C(C)N(Cc1ccccc1Cl)C(=O)CN(c1ccccc1OCC)S(=O)(=O)c1ccc(C)cc1. The number of hydrogen-bond donors (Lipinski definition) is 1. The molecule has 0 heterocycles. The minimum Gasteiger partial charge on any atom is -0.492 e. The van der Waals surface area contributed by atoms with Crippen molar-refractivity contribution in [2.24, 2.45) is 0 Å². The van der Waals surface area contributed by atoms with E-state index in [-0.39, 0.29) is 23.0 Å². The van der Waals surface area contributed by atoms with Crippen LogP contribution < -0.4 is 14.4 Å². The molecule has 0 aliphatic heterocycles. The Kier molecular flexibility index (Phi) is 11.6. The van der Waals surface area contributed by atoms with Crippen LogP contribution in [0.4, 0.5) is 5.69 Å². The van der Waals surface area contributed by atoms with Gasteiger partial charge in [0.1, 0.15) is 18.3 Å². The Balaban J connectivity index is 2.06. The van der Waals surface area contributed by atoms with E-state index in [2.05, 4.69) is 5.32 Å². The Hall–Kier alpha value is -3.56. The fraction of sp³-hybridized carbons (Fsp3) is 0.355. The molecule has 3 aromatic carbocycles. The van der Waals surface area contributed by atoms with Crippen molar-refractivity contribution in [3.63, 3.8) is 0 Å². The van der Waals surface area contributed by atoms with Gasteiger partial charge in [0, 0.05) is 18.1 Å². The smallest absolute Gasteiger partial charge is 0.264 e. The Morgan fingerprint density at radius 1 is 0.976 bits per heavy atom. The molecule has 2 amide bonds. The number of unbranched alkanes of at least 4 members (excludes halogenated alkanes) is 1. The number of carbonyl (C=O) groups excluding carboxylic acids is 2. The molecule has 41 heavy (non-hydrogen) atoms. The topological polar surface area (TPSA) is 96.0 Å². The number of aryl methyl sites for hydroxylation is 1. The molecule has 0 fully saturated rings. The van der Waals surface area contributed by atoms with Crippen LogP contribution in [-0.4, -0.2) is 50.9 Å². The van der Waals surface area contributed by atoms with Crippen molar-refractivity contribution in [1.29, 1.82) is 0 Å². The maximum atomic E-state index is 14.1. The van der Waals surface area contributed by atoms with Gasteiger partial charge in [-0.05, 0) is 63.1 Å². The van der Waals surface area contributed by atoms with Gasteiger partial charge in [-0.25, -0.2) is 8.42 Å². The first-order chi connectivity index (χ1) is 19.6. The fourth-order valence-corrected chi connectivity index (χ4v) is 5.84. The highest BCUT2D eigenvalue weighted by Crippen LogP contribution is 2.33. The van der Waals surface area contributed by atoms with Crippen molar-refractivity contribution >= 4 is 39.1 Å². The molecular formula is C31H38ClN3O5S. The first kappa shape index (κ1) is 32.0. The number of para-hydroxylation sites is 2. The van der Waals surface area contributed by atoms with Gasteiger partial charge in [-0.1, -0.05) is 73.0 Å². The summed E-state index contributed by atoms with van der Waals surface area (Å²) in [5, 5.41) is 3.31. The van der Waals surface area contributed by atoms with Crippen LogP contribution in [0, 0.1) is 6.92 Å². The van der Waals surface area contributed by atoms with Gasteiger partial charge in [-0.15, -0.1) is 0 Å². The van der Waals surface area contributed by atoms with Crippen molar-refractivity contribution in [3.8, 4) is 5.75 Å². The van der Waals surface area contributed by atoms with E-state index in [1.807, 2.05) is 13.8 Å². The van der Waals surface area contributed by atoms with Gasteiger partial charge in [0.2, 0.25) is 11.8 Å². The number of carbonyl (C=O) groups is 2. The number of ether oxygens (including phenoxy) is 1. The van der Waals surface area contributed by atoms with Crippen LogP contribution >= 0.6 is 11.6 Å². The van der Waals surface area contributed by atoms with E-state index < -0.39 is 28.5 Å². The standard InChI is InChI=1S/C31H38ClN3O5S/c1-5-7-20-33-31(37)24(4)34(21-25-12-8-9-13-27(25)32)30(36)22-35(28-14-10-11-15-29(28)40-6-2)41(38,39)26-18-16-23(3)17-19-26/h8-19,24H,5-7,20-22H2,1-4H3,(H,33,37). The van der Waals surface area contributed by atoms with Crippen LogP contribution in [-0.2, 0) is 26.2 Å². The largest absolute Gasteiger partial charge is 0.492 e. The third-order valence-corrected chi connectivity index (χ3v) is 8.76. The molecular weight excluding hydrogens is 562 g/mol. The van der Waals surface area contributed by atoms with E-state index in [0.29, 0.717) is 29.5 Å². The van der Waals surface area contributed by atoms with Crippen molar-refractivity contribution in [2.45, 2.75) is 58.0 Å². The van der Waals surface area contributed by atoms with Crippen molar-refractivity contribution in [2.75, 3.05) is 24.0 Å². The minimum absolute atomic E-state index is 0.0202. The predicted molar refractivity (Wildman–Crippen MR) is 163 cm³/mol. The summed E-state index contributed by atoms with van der Waals surface area (Å²) in [6, 6.07) is 19.3. The van der Waals surface area contributed by atoms with E-state index in [0.717, 1.165) is 22.7 Å². The third kappa shape index (κ3) is 8.24. The lowest BCUT2D eigenvalue weighted by Crippen LogP contribution is -2.51. The second-order valence-electron chi connectivity index (χ2n) is 9.66. The molecule has 10 heteroatoms. The molecule has 8 nitrogen and oxygen atoms in total. The second kappa shape index (κ2) is 14.9. The Morgan fingerprint density at radius 2 is 1.63 bits per heavy atom. The van der Waals surface area contributed by atoms with Gasteiger partial charge < -0.3 is 15.0 Å². The summed E-state index contributed by atoms with van der Waals surface area (Å²) < 4.78 is 34.9. The maximum Gasteiger partial charge on any atom is 0.264 e. The average molecular weight is 600 g/mol. The first-order valence-corrected chi connectivity index (χ1v) is 15.5. The Morgan fingerprint density at radius 3 is 2.29 bits per heavy atom. The highest BCUT2D eigenvalue weighted by Gasteiger charge is 2.34. The molecule has 0 aliphatic carbocycles. The minimum atomic E-state index is -4.21. The molecule has 220 valence electrons. The molecule has 1 N–H and O–H groups in total. The van der Waals surface area contributed by atoms with Crippen molar-refractivity contribution < 1.29 is 22.7 Å². The summed E-state index contributed by atoms with van der Waals surface area (Å²) in [7, 11) is -4.21. The molecule has 0 bridgehead atoms. The monoisotopic (exact) mass is 599 g/mol. The normalized spacial score (nSPS) is 11.9. The highest BCUT2D eigenvalue weighted by atomic mass is 35.5. The van der Waals surface area contributed by atoms with Gasteiger partial charge in [0.25, 0.3) is 10.0 Å². The van der Waals surface area contributed by atoms with E-state index in [1.54, 1.807) is 74.5 Å². The van der Waals surface area contributed by atoms with Gasteiger partial charge in [-0.3, -0.25) is 13.9 Å². The summed E-state index contributed by atoms with van der Waals surface area (Å²) in [5.41, 5.74) is 1.76. The number of halogens is 1. The van der Waals surface area contributed by atoms with Gasteiger partial charge in [-0.2, -0.15) is 0 Å². The number of nitrogens with zero attached hydrogens (tertiary/aromatic N) is 2. The summed E-state index contributed by atoms with van der Waals surface area (Å²) in [6.45, 7) is 7.55. The van der Waals surface area contributed by atoms with Crippen LogP contribution in [0.5, 0.6) is 5.75 Å². The van der Waals surface area contributed by atoms with Crippen LogP contribution in [0.1, 0.15) is 44.7 Å². The van der Waals surface area contributed by atoms with Gasteiger partial charge >= 0.3 is 0 Å².